The number of hydrogen-bond acceptors (Lipinski definition) is 8. The van der Waals surface area contributed by atoms with Crippen LogP contribution in [0.5, 0.6) is 34.5 Å². The molecule has 0 amide bonds. The molecule has 3 aliphatic heterocycles. The first kappa shape index (κ1) is 21.4. The third-order valence-corrected chi connectivity index (χ3v) is 6.25. The van der Waals surface area contributed by atoms with Gasteiger partial charge in [0.2, 0.25) is 12.6 Å². The van der Waals surface area contributed by atoms with Gasteiger partial charge in [0.05, 0.1) is 25.3 Å². The average Bonchev–Trinajstić information content (AvgIpc) is 3.48. The number of ketones is 1. The Labute approximate surface area is 202 Å². The highest BCUT2D eigenvalue weighted by Gasteiger charge is 2.34. The Kier molecular flexibility index (Phi) is 5.22. The van der Waals surface area contributed by atoms with Crippen LogP contribution in [0.25, 0.3) is 6.08 Å². The first-order valence-corrected chi connectivity index (χ1v) is 11.2. The smallest absolute Gasteiger partial charge is 0.231 e. The van der Waals surface area contributed by atoms with Crippen molar-refractivity contribution >= 4 is 11.9 Å². The van der Waals surface area contributed by atoms with Crippen molar-refractivity contribution in [1.29, 1.82) is 0 Å². The number of ether oxygens (including phenoxy) is 6. The maximum atomic E-state index is 13.2. The number of Topliss-reactive ketones (excluding diaryl/α,β-unsaturated/α-hetero) is 1. The third-order valence-electron chi connectivity index (χ3n) is 6.25. The molecule has 0 atom stereocenters. The summed E-state index contributed by atoms with van der Waals surface area (Å²) in [5.41, 5.74) is 3.14. The molecule has 0 unspecified atom stereocenters. The molecule has 8 heteroatoms. The Bertz CT molecular complexity index is 1360. The van der Waals surface area contributed by atoms with Gasteiger partial charge >= 0.3 is 0 Å². The zero-order valence-electron chi connectivity index (χ0n) is 19.3. The number of carbonyl (C=O) groups excluding carboxylic acids is 1. The lowest BCUT2D eigenvalue weighted by Gasteiger charge is -2.29. The van der Waals surface area contributed by atoms with Crippen molar-refractivity contribution in [3.05, 3.63) is 76.5 Å². The van der Waals surface area contributed by atoms with Gasteiger partial charge in [0.15, 0.2) is 17.3 Å². The van der Waals surface area contributed by atoms with Crippen molar-refractivity contribution < 1.29 is 33.2 Å². The van der Waals surface area contributed by atoms with E-state index >= 15 is 0 Å². The number of nitrogens with zero attached hydrogens (tertiary/aromatic N) is 1. The molecule has 0 saturated carbocycles. The van der Waals surface area contributed by atoms with Gasteiger partial charge in [-0.1, -0.05) is 6.07 Å². The molecule has 3 aromatic rings. The van der Waals surface area contributed by atoms with Crippen LogP contribution >= 0.6 is 0 Å². The standard InChI is InChI=1S/C27H23NO7/c1-30-18-4-7-21(31-2)17(10-18)11-25-26(29)19-5-8-22-20(27(19)35-25)13-28(14-32-22)12-16-3-6-23-24(9-16)34-15-33-23/h3-11H,12-15H2,1-2H3/b25-11-. The van der Waals surface area contributed by atoms with Crippen molar-refractivity contribution in [2.24, 2.45) is 0 Å². The molecule has 3 aromatic carbocycles. The van der Waals surface area contributed by atoms with Crippen LogP contribution in [-0.4, -0.2) is 38.4 Å². The first-order valence-electron chi connectivity index (χ1n) is 11.2. The summed E-state index contributed by atoms with van der Waals surface area (Å²) in [5.74, 6) is 4.09. The molecule has 3 aliphatic rings. The summed E-state index contributed by atoms with van der Waals surface area (Å²) in [5, 5.41) is 0. The number of fused-ring (bicyclic) bond motifs is 4. The van der Waals surface area contributed by atoms with Gasteiger partial charge in [-0.2, -0.15) is 0 Å². The van der Waals surface area contributed by atoms with Crippen LogP contribution in [0.2, 0.25) is 0 Å². The van der Waals surface area contributed by atoms with Crippen LogP contribution in [0.4, 0.5) is 0 Å². The molecule has 0 bridgehead atoms. The summed E-state index contributed by atoms with van der Waals surface area (Å²) in [6.45, 7) is 1.90. The summed E-state index contributed by atoms with van der Waals surface area (Å²) in [4.78, 5) is 15.3. The lowest BCUT2D eigenvalue weighted by Crippen LogP contribution is -2.31. The molecule has 0 aromatic heterocycles. The lowest BCUT2D eigenvalue weighted by molar-refractivity contribution is 0.0872. The third kappa shape index (κ3) is 3.81. The molecule has 0 spiro atoms. The van der Waals surface area contributed by atoms with Crippen LogP contribution in [-0.2, 0) is 13.1 Å². The molecule has 0 aliphatic carbocycles. The molecule has 3 heterocycles. The summed E-state index contributed by atoms with van der Waals surface area (Å²) in [6, 6.07) is 14.9. The number of methoxy groups -OCH3 is 2. The molecule has 0 radical (unpaired) electrons. The second kappa shape index (κ2) is 8.56. The van der Waals surface area contributed by atoms with Gasteiger partial charge in [0.25, 0.3) is 0 Å². The molecule has 0 saturated heterocycles. The second-order valence-corrected chi connectivity index (χ2v) is 8.41. The number of hydrogen-bond donors (Lipinski definition) is 0. The highest BCUT2D eigenvalue weighted by molar-refractivity contribution is 6.15. The van der Waals surface area contributed by atoms with E-state index in [9.17, 15) is 4.79 Å². The van der Waals surface area contributed by atoms with Gasteiger partial charge in [-0.15, -0.1) is 0 Å². The molecule has 8 nitrogen and oxygen atoms in total. The Morgan fingerprint density at radius 3 is 2.66 bits per heavy atom. The first-order chi connectivity index (χ1) is 17.1. The summed E-state index contributed by atoms with van der Waals surface area (Å²) in [6.07, 6.45) is 1.68. The van der Waals surface area contributed by atoms with Gasteiger partial charge in [-0.25, -0.2) is 0 Å². The molecular weight excluding hydrogens is 450 g/mol. The maximum Gasteiger partial charge on any atom is 0.231 e. The summed E-state index contributed by atoms with van der Waals surface area (Å²) in [7, 11) is 3.17. The topological polar surface area (TPSA) is 75.7 Å². The Hall–Kier alpha value is -4.17. The molecule has 0 fully saturated rings. The van der Waals surface area contributed by atoms with Gasteiger partial charge in [0.1, 0.15) is 29.7 Å². The van der Waals surface area contributed by atoms with E-state index in [1.54, 1.807) is 44.6 Å². The van der Waals surface area contributed by atoms with E-state index in [1.165, 1.54) is 0 Å². The quantitative estimate of drug-likeness (QED) is 0.505. The largest absolute Gasteiger partial charge is 0.497 e. The van der Waals surface area contributed by atoms with Crippen LogP contribution in [0.15, 0.2) is 54.3 Å². The van der Waals surface area contributed by atoms with Crippen molar-refractivity contribution in [3.63, 3.8) is 0 Å². The second-order valence-electron chi connectivity index (χ2n) is 8.41. The van der Waals surface area contributed by atoms with Crippen LogP contribution < -0.4 is 28.4 Å². The van der Waals surface area contributed by atoms with Gasteiger partial charge in [-0.3, -0.25) is 9.69 Å². The van der Waals surface area contributed by atoms with E-state index < -0.39 is 0 Å². The highest BCUT2D eigenvalue weighted by atomic mass is 16.7. The predicted octanol–water partition coefficient (Wildman–Crippen LogP) is 4.40. The van der Waals surface area contributed by atoms with E-state index in [1.807, 2.05) is 24.3 Å². The van der Waals surface area contributed by atoms with Crippen molar-refractivity contribution in [1.82, 2.24) is 4.90 Å². The van der Waals surface area contributed by atoms with E-state index in [-0.39, 0.29) is 18.3 Å². The summed E-state index contributed by atoms with van der Waals surface area (Å²) >= 11 is 0. The number of benzene rings is 3. The minimum atomic E-state index is -0.180. The Balaban J connectivity index is 1.27. The normalized spacial score (nSPS) is 17.0. The fourth-order valence-corrected chi connectivity index (χ4v) is 4.50. The molecular formula is C27H23NO7. The van der Waals surface area contributed by atoms with Crippen LogP contribution in [0, 0.1) is 0 Å². The van der Waals surface area contributed by atoms with Crippen LogP contribution in [0.1, 0.15) is 27.0 Å². The van der Waals surface area contributed by atoms with E-state index in [0.717, 1.165) is 28.4 Å². The van der Waals surface area contributed by atoms with Gasteiger partial charge in [-0.05, 0) is 54.1 Å². The number of carbonyl (C=O) groups is 1. The molecule has 0 N–H and O–H groups in total. The molecule has 178 valence electrons. The van der Waals surface area contributed by atoms with Gasteiger partial charge < -0.3 is 28.4 Å². The van der Waals surface area contributed by atoms with E-state index in [4.69, 9.17) is 28.4 Å². The van der Waals surface area contributed by atoms with Crippen molar-refractivity contribution in [2.45, 2.75) is 13.1 Å². The minimum absolute atomic E-state index is 0.180. The number of rotatable bonds is 5. The summed E-state index contributed by atoms with van der Waals surface area (Å²) < 4.78 is 33.8. The lowest BCUT2D eigenvalue weighted by atomic mass is 10.0. The zero-order valence-corrected chi connectivity index (χ0v) is 19.3. The van der Waals surface area contributed by atoms with Crippen molar-refractivity contribution in [2.75, 3.05) is 27.7 Å². The Morgan fingerprint density at radius 1 is 0.943 bits per heavy atom. The van der Waals surface area contributed by atoms with Crippen LogP contribution in [0.3, 0.4) is 0 Å². The molecule has 35 heavy (non-hydrogen) atoms. The van der Waals surface area contributed by atoms with E-state index in [2.05, 4.69) is 4.90 Å². The van der Waals surface area contributed by atoms with Gasteiger partial charge in [0, 0.05) is 18.7 Å². The predicted molar refractivity (Wildman–Crippen MR) is 126 cm³/mol. The SMILES string of the molecule is COc1ccc(OC)c(/C=C2\Oc3c(ccc4c3CN(Cc3ccc5c(c3)OCO5)CO4)C2=O)c1. The number of allylic oxidation sites excluding steroid dienone is 1. The van der Waals surface area contributed by atoms with E-state index in [0.29, 0.717) is 48.2 Å². The Morgan fingerprint density at radius 2 is 1.80 bits per heavy atom. The zero-order chi connectivity index (χ0) is 23.9. The van der Waals surface area contributed by atoms with Crippen molar-refractivity contribution in [3.8, 4) is 34.5 Å². The highest BCUT2D eigenvalue weighted by Crippen LogP contribution is 2.43. The minimum Gasteiger partial charge on any atom is -0.497 e. The maximum absolute atomic E-state index is 13.2. The fraction of sp³-hybridized carbons (Fsp3) is 0.222. The monoisotopic (exact) mass is 473 g/mol. The average molecular weight is 473 g/mol. The molecule has 6 rings (SSSR count). The fourth-order valence-electron chi connectivity index (χ4n) is 4.50.